The Bertz CT molecular complexity index is 538. The number of thioether (sulfide) groups is 1. The van der Waals surface area contributed by atoms with Gasteiger partial charge < -0.3 is 5.32 Å². The van der Waals surface area contributed by atoms with Gasteiger partial charge in [0.25, 0.3) is 0 Å². The molecule has 1 heterocycles. The molecule has 0 amide bonds. The van der Waals surface area contributed by atoms with E-state index in [0.717, 1.165) is 35.9 Å². The van der Waals surface area contributed by atoms with Crippen LogP contribution in [0.3, 0.4) is 0 Å². The summed E-state index contributed by atoms with van der Waals surface area (Å²) in [6, 6.07) is 10.4. The van der Waals surface area contributed by atoms with Gasteiger partial charge in [-0.25, -0.2) is 9.97 Å². The molecule has 0 saturated carbocycles. The van der Waals surface area contributed by atoms with E-state index in [1.807, 2.05) is 6.07 Å². The third kappa shape index (κ3) is 3.47. The molecule has 0 aliphatic heterocycles. The highest BCUT2D eigenvalue weighted by atomic mass is 32.2. The average Bonchev–Trinajstić information content (AvgIpc) is 2.47. The topological polar surface area (TPSA) is 37.8 Å². The lowest BCUT2D eigenvalue weighted by atomic mass is 10.2. The Labute approximate surface area is 118 Å². The van der Waals surface area contributed by atoms with Gasteiger partial charge in [-0.15, -0.1) is 11.8 Å². The molecule has 2 aromatic rings. The van der Waals surface area contributed by atoms with Crippen molar-refractivity contribution in [2.75, 3.05) is 18.1 Å². The van der Waals surface area contributed by atoms with Gasteiger partial charge in [-0.3, -0.25) is 0 Å². The molecule has 0 spiro atoms. The van der Waals surface area contributed by atoms with E-state index in [1.165, 1.54) is 4.90 Å². The zero-order valence-corrected chi connectivity index (χ0v) is 12.4. The SMILES string of the molecule is CCNc1cc(CC)nc(-c2ccc(SC)cc2)n1. The number of anilines is 1. The summed E-state index contributed by atoms with van der Waals surface area (Å²) in [5.41, 5.74) is 2.13. The summed E-state index contributed by atoms with van der Waals surface area (Å²) in [6.07, 6.45) is 2.99. The third-order valence-electron chi connectivity index (χ3n) is 2.85. The molecule has 1 aromatic heterocycles. The summed E-state index contributed by atoms with van der Waals surface area (Å²) in [7, 11) is 0. The first kappa shape index (κ1) is 13.9. The second-order valence-electron chi connectivity index (χ2n) is 4.18. The first-order valence-corrected chi connectivity index (χ1v) is 7.75. The quantitative estimate of drug-likeness (QED) is 0.839. The number of benzene rings is 1. The van der Waals surface area contributed by atoms with Crippen molar-refractivity contribution in [1.82, 2.24) is 9.97 Å². The second-order valence-corrected chi connectivity index (χ2v) is 5.06. The van der Waals surface area contributed by atoms with Crippen LogP contribution in [0.4, 0.5) is 5.82 Å². The van der Waals surface area contributed by atoms with Crippen LogP contribution in [0, 0.1) is 0 Å². The maximum atomic E-state index is 4.60. The summed E-state index contributed by atoms with van der Waals surface area (Å²) in [6.45, 7) is 5.05. The van der Waals surface area contributed by atoms with Gasteiger partial charge in [0.1, 0.15) is 5.82 Å². The number of hydrogen-bond acceptors (Lipinski definition) is 4. The third-order valence-corrected chi connectivity index (χ3v) is 3.59. The molecule has 100 valence electrons. The summed E-state index contributed by atoms with van der Waals surface area (Å²) in [4.78, 5) is 10.4. The molecule has 0 bridgehead atoms. The van der Waals surface area contributed by atoms with E-state index in [1.54, 1.807) is 11.8 Å². The number of rotatable bonds is 5. The zero-order chi connectivity index (χ0) is 13.7. The van der Waals surface area contributed by atoms with Crippen molar-refractivity contribution in [3.05, 3.63) is 36.0 Å². The number of aromatic nitrogens is 2. The highest BCUT2D eigenvalue weighted by Gasteiger charge is 2.06. The van der Waals surface area contributed by atoms with Crippen LogP contribution in [0.1, 0.15) is 19.5 Å². The van der Waals surface area contributed by atoms with Crippen molar-refractivity contribution in [2.24, 2.45) is 0 Å². The lowest BCUT2D eigenvalue weighted by molar-refractivity contribution is 0.998. The fourth-order valence-corrected chi connectivity index (χ4v) is 2.23. The van der Waals surface area contributed by atoms with Gasteiger partial charge in [-0.05, 0) is 31.7 Å². The lowest BCUT2D eigenvalue weighted by Gasteiger charge is -2.08. The molecule has 0 saturated heterocycles. The van der Waals surface area contributed by atoms with Crippen molar-refractivity contribution >= 4 is 17.6 Å². The predicted molar refractivity (Wildman–Crippen MR) is 82.8 cm³/mol. The highest BCUT2D eigenvalue weighted by Crippen LogP contribution is 2.22. The average molecular weight is 273 g/mol. The Kier molecular flexibility index (Phi) is 4.80. The van der Waals surface area contributed by atoms with E-state index in [2.05, 4.69) is 59.7 Å². The Morgan fingerprint density at radius 2 is 1.84 bits per heavy atom. The Morgan fingerprint density at radius 3 is 2.42 bits per heavy atom. The molecule has 0 fully saturated rings. The molecular formula is C15H19N3S. The van der Waals surface area contributed by atoms with Gasteiger partial charge in [-0.1, -0.05) is 19.1 Å². The van der Waals surface area contributed by atoms with Gasteiger partial charge in [0, 0.05) is 28.8 Å². The van der Waals surface area contributed by atoms with Crippen LogP contribution in [0.2, 0.25) is 0 Å². The molecule has 19 heavy (non-hydrogen) atoms. The van der Waals surface area contributed by atoms with Gasteiger partial charge in [-0.2, -0.15) is 0 Å². The Balaban J connectivity index is 2.38. The first-order chi connectivity index (χ1) is 9.26. The van der Waals surface area contributed by atoms with Crippen LogP contribution in [-0.4, -0.2) is 22.8 Å². The van der Waals surface area contributed by atoms with Gasteiger partial charge in [0.05, 0.1) is 0 Å². The normalized spacial score (nSPS) is 10.5. The van der Waals surface area contributed by atoms with Crippen molar-refractivity contribution < 1.29 is 0 Å². The largest absolute Gasteiger partial charge is 0.370 e. The molecule has 0 atom stereocenters. The number of aryl methyl sites for hydroxylation is 1. The van der Waals surface area contributed by atoms with Crippen LogP contribution in [0.25, 0.3) is 11.4 Å². The molecule has 0 unspecified atom stereocenters. The van der Waals surface area contributed by atoms with Crippen molar-refractivity contribution in [2.45, 2.75) is 25.2 Å². The minimum Gasteiger partial charge on any atom is -0.370 e. The van der Waals surface area contributed by atoms with E-state index in [-0.39, 0.29) is 0 Å². The van der Waals surface area contributed by atoms with Crippen molar-refractivity contribution in [1.29, 1.82) is 0 Å². The molecule has 0 radical (unpaired) electrons. The Morgan fingerprint density at radius 1 is 1.11 bits per heavy atom. The van der Waals surface area contributed by atoms with E-state index >= 15 is 0 Å². The van der Waals surface area contributed by atoms with Crippen LogP contribution in [-0.2, 0) is 6.42 Å². The minimum absolute atomic E-state index is 0.794. The van der Waals surface area contributed by atoms with Crippen LogP contribution >= 0.6 is 11.8 Å². The number of nitrogens with zero attached hydrogens (tertiary/aromatic N) is 2. The minimum atomic E-state index is 0.794. The molecule has 0 aliphatic carbocycles. The number of hydrogen-bond donors (Lipinski definition) is 1. The van der Waals surface area contributed by atoms with Gasteiger partial charge >= 0.3 is 0 Å². The van der Waals surface area contributed by atoms with E-state index < -0.39 is 0 Å². The van der Waals surface area contributed by atoms with Crippen molar-refractivity contribution in [3.63, 3.8) is 0 Å². The van der Waals surface area contributed by atoms with E-state index in [9.17, 15) is 0 Å². The molecule has 1 aromatic carbocycles. The fraction of sp³-hybridized carbons (Fsp3) is 0.333. The monoisotopic (exact) mass is 273 g/mol. The molecule has 2 rings (SSSR count). The lowest BCUT2D eigenvalue weighted by Crippen LogP contribution is -2.03. The number of nitrogens with one attached hydrogen (secondary N) is 1. The highest BCUT2D eigenvalue weighted by molar-refractivity contribution is 7.98. The molecule has 4 heteroatoms. The molecule has 3 nitrogen and oxygen atoms in total. The standard InChI is InChI=1S/C15H19N3S/c1-4-12-10-14(16-5-2)18-15(17-12)11-6-8-13(19-3)9-7-11/h6-10H,4-5H2,1-3H3,(H,16,17,18). The van der Waals surface area contributed by atoms with Crippen LogP contribution in [0.5, 0.6) is 0 Å². The molecule has 1 N–H and O–H groups in total. The van der Waals surface area contributed by atoms with Crippen LogP contribution < -0.4 is 5.32 Å². The summed E-state index contributed by atoms with van der Waals surface area (Å²) >= 11 is 1.74. The summed E-state index contributed by atoms with van der Waals surface area (Å²) < 4.78 is 0. The Hall–Kier alpha value is -1.55. The molecular weight excluding hydrogens is 254 g/mol. The molecule has 0 aliphatic rings. The van der Waals surface area contributed by atoms with Crippen LogP contribution in [0.15, 0.2) is 35.2 Å². The maximum Gasteiger partial charge on any atom is 0.161 e. The van der Waals surface area contributed by atoms with Crippen molar-refractivity contribution in [3.8, 4) is 11.4 Å². The summed E-state index contributed by atoms with van der Waals surface area (Å²) in [5, 5.41) is 3.26. The second kappa shape index (κ2) is 6.57. The first-order valence-electron chi connectivity index (χ1n) is 6.53. The summed E-state index contributed by atoms with van der Waals surface area (Å²) in [5.74, 6) is 1.70. The fourth-order valence-electron chi connectivity index (χ4n) is 1.82. The predicted octanol–water partition coefficient (Wildman–Crippen LogP) is 3.86. The zero-order valence-electron chi connectivity index (χ0n) is 11.6. The van der Waals surface area contributed by atoms with E-state index in [0.29, 0.717) is 0 Å². The van der Waals surface area contributed by atoms with Gasteiger partial charge in [0.15, 0.2) is 5.82 Å². The van der Waals surface area contributed by atoms with E-state index in [4.69, 9.17) is 0 Å². The maximum absolute atomic E-state index is 4.60. The smallest absolute Gasteiger partial charge is 0.161 e. The van der Waals surface area contributed by atoms with Gasteiger partial charge in [0.2, 0.25) is 0 Å².